The number of nitrogens with zero attached hydrogens (tertiary/aromatic N) is 1. The maximum absolute atomic E-state index is 13.0. The molecule has 2 amide bonds. The Morgan fingerprint density at radius 1 is 1.35 bits per heavy atom. The highest BCUT2D eigenvalue weighted by Crippen LogP contribution is 2.23. The molecule has 0 bridgehead atoms. The molecular weight excluding hydrogens is 319 g/mol. The van der Waals surface area contributed by atoms with Gasteiger partial charge in [0, 0.05) is 25.0 Å². The van der Waals surface area contributed by atoms with Crippen LogP contribution in [0, 0.1) is 5.82 Å². The van der Waals surface area contributed by atoms with Gasteiger partial charge in [0.1, 0.15) is 5.82 Å². The minimum absolute atomic E-state index is 0.0261. The Morgan fingerprint density at radius 2 is 1.96 bits per heavy atom. The van der Waals surface area contributed by atoms with E-state index in [2.05, 4.69) is 5.32 Å². The van der Waals surface area contributed by atoms with Crippen molar-refractivity contribution in [3.63, 3.8) is 0 Å². The first-order valence-electron chi connectivity index (χ1n) is 7.58. The molecule has 1 fully saturated rings. The van der Waals surface area contributed by atoms with E-state index in [0.717, 1.165) is 5.56 Å². The van der Waals surface area contributed by atoms with Gasteiger partial charge < -0.3 is 10.2 Å². The molecule has 0 saturated carbocycles. The molecule has 128 valence electrons. The van der Waals surface area contributed by atoms with Gasteiger partial charge >= 0.3 is 6.03 Å². The molecule has 1 aromatic carbocycles. The first kappa shape index (κ1) is 17.7. The monoisotopic (exact) mass is 342 g/mol. The van der Waals surface area contributed by atoms with Crippen LogP contribution in [0.15, 0.2) is 24.3 Å². The number of nitrogens with one attached hydrogen (secondary N) is 1. The number of amides is 2. The van der Waals surface area contributed by atoms with Gasteiger partial charge in [0.25, 0.3) is 0 Å². The van der Waals surface area contributed by atoms with Gasteiger partial charge in [0.2, 0.25) is 0 Å². The Morgan fingerprint density at radius 3 is 2.48 bits per heavy atom. The van der Waals surface area contributed by atoms with Crippen LogP contribution in [0.5, 0.6) is 0 Å². The van der Waals surface area contributed by atoms with Crippen LogP contribution in [0.2, 0.25) is 0 Å². The minimum Gasteiger partial charge on any atom is -0.337 e. The van der Waals surface area contributed by atoms with E-state index in [-0.39, 0.29) is 34.8 Å². The minimum atomic E-state index is -3.02. The Kier molecular flexibility index (Phi) is 4.98. The van der Waals surface area contributed by atoms with Crippen molar-refractivity contribution < 1.29 is 17.6 Å². The normalized spacial score (nSPS) is 20.3. The number of carbonyl (C=O) groups is 1. The van der Waals surface area contributed by atoms with Crippen molar-refractivity contribution in [1.82, 2.24) is 10.2 Å². The molecule has 1 heterocycles. The molecule has 2 rings (SSSR count). The van der Waals surface area contributed by atoms with Crippen molar-refractivity contribution in [2.24, 2.45) is 0 Å². The van der Waals surface area contributed by atoms with Crippen LogP contribution in [-0.2, 0) is 15.3 Å². The smallest absolute Gasteiger partial charge is 0.317 e. The number of rotatable bonds is 4. The lowest BCUT2D eigenvalue weighted by Gasteiger charge is -2.29. The Bertz CT molecular complexity index is 671. The number of carbonyl (C=O) groups excluding carboxylic acids is 1. The molecule has 1 atom stereocenters. The fraction of sp³-hybridized carbons (Fsp3) is 0.562. The van der Waals surface area contributed by atoms with E-state index in [9.17, 15) is 17.6 Å². The summed E-state index contributed by atoms with van der Waals surface area (Å²) in [6.07, 6.45) is 0.480. The predicted octanol–water partition coefficient (Wildman–Crippen LogP) is 1.93. The zero-order valence-corrected chi connectivity index (χ0v) is 14.5. The van der Waals surface area contributed by atoms with E-state index in [4.69, 9.17) is 0 Å². The highest BCUT2D eigenvalue weighted by molar-refractivity contribution is 7.91. The third kappa shape index (κ3) is 4.43. The third-order valence-corrected chi connectivity index (χ3v) is 6.13. The van der Waals surface area contributed by atoms with E-state index < -0.39 is 9.84 Å². The predicted molar refractivity (Wildman–Crippen MR) is 87.6 cm³/mol. The maximum atomic E-state index is 13.0. The quantitative estimate of drug-likeness (QED) is 0.909. The van der Waals surface area contributed by atoms with Crippen LogP contribution in [0.25, 0.3) is 0 Å². The SMILES string of the molecule is CN(C(=O)NCC(C)(C)c1ccc(F)cc1)C1CCS(=O)(=O)C1. The van der Waals surface area contributed by atoms with Gasteiger partial charge in [0.05, 0.1) is 11.5 Å². The Labute approximate surface area is 136 Å². The molecule has 0 aliphatic carbocycles. The second kappa shape index (κ2) is 6.47. The second-order valence-corrected chi connectivity index (χ2v) is 8.95. The van der Waals surface area contributed by atoms with E-state index >= 15 is 0 Å². The number of sulfone groups is 1. The number of hydrogen-bond acceptors (Lipinski definition) is 3. The molecule has 23 heavy (non-hydrogen) atoms. The summed E-state index contributed by atoms with van der Waals surface area (Å²) >= 11 is 0. The number of benzene rings is 1. The van der Waals surface area contributed by atoms with Crippen LogP contribution in [-0.4, -0.2) is 50.5 Å². The van der Waals surface area contributed by atoms with E-state index in [0.29, 0.717) is 13.0 Å². The molecule has 1 unspecified atom stereocenters. The average Bonchev–Trinajstić information content (AvgIpc) is 2.84. The molecule has 1 aliphatic heterocycles. The van der Waals surface area contributed by atoms with Gasteiger partial charge in [-0.1, -0.05) is 26.0 Å². The molecule has 0 aromatic heterocycles. The number of hydrogen-bond donors (Lipinski definition) is 1. The lowest BCUT2D eigenvalue weighted by Crippen LogP contribution is -2.47. The summed E-state index contributed by atoms with van der Waals surface area (Å²) in [5.41, 5.74) is 0.566. The number of urea groups is 1. The first-order valence-corrected chi connectivity index (χ1v) is 9.40. The average molecular weight is 342 g/mol. The summed E-state index contributed by atoms with van der Waals surface area (Å²) in [6, 6.07) is 5.64. The summed E-state index contributed by atoms with van der Waals surface area (Å²) in [6.45, 7) is 4.29. The van der Waals surface area contributed by atoms with Crippen LogP contribution in [0.1, 0.15) is 25.8 Å². The van der Waals surface area contributed by atoms with Crippen molar-refractivity contribution >= 4 is 15.9 Å². The largest absolute Gasteiger partial charge is 0.337 e. The van der Waals surface area contributed by atoms with Gasteiger partial charge in [-0.3, -0.25) is 0 Å². The summed E-state index contributed by atoms with van der Waals surface area (Å²) in [5.74, 6) is -0.134. The van der Waals surface area contributed by atoms with E-state index in [1.165, 1.54) is 17.0 Å². The van der Waals surface area contributed by atoms with E-state index in [1.807, 2.05) is 13.8 Å². The first-order chi connectivity index (χ1) is 10.6. The van der Waals surface area contributed by atoms with E-state index in [1.54, 1.807) is 19.2 Å². The summed E-state index contributed by atoms with van der Waals surface area (Å²) in [4.78, 5) is 13.7. The number of halogens is 1. The molecule has 1 saturated heterocycles. The van der Waals surface area contributed by atoms with Crippen molar-refractivity contribution in [3.8, 4) is 0 Å². The van der Waals surface area contributed by atoms with Crippen molar-refractivity contribution in [2.45, 2.75) is 31.7 Å². The fourth-order valence-corrected chi connectivity index (χ4v) is 4.45. The molecule has 1 N–H and O–H groups in total. The summed E-state index contributed by atoms with van der Waals surface area (Å²) in [5, 5.41) is 2.84. The third-order valence-electron chi connectivity index (χ3n) is 4.38. The topological polar surface area (TPSA) is 66.5 Å². The van der Waals surface area contributed by atoms with Gasteiger partial charge in [-0.2, -0.15) is 0 Å². The van der Waals surface area contributed by atoms with Gasteiger partial charge in [-0.05, 0) is 24.1 Å². The molecule has 1 aliphatic rings. The lowest BCUT2D eigenvalue weighted by molar-refractivity contribution is 0.192. The van der Waals surface area contributed by atoms with Crippen molar-refractivity contribution in [1.29, 1.82) is 0 Å². The molecule has 5 nitrogen and oxygen atoms in total. The van der Waals surface area contributed by atoms with Crippen molar-refractivity contribution in [3.05, 3.63) is 35.6 Å². The summed E-state index contributed by atoms with van der Waals surface area (Å²) < 4.78 is 36.0. The van der Waals surface area contributed by atoms with Crippen LogP contribution < -0.4 is 5.32 Å². The molecule has 0 radical (unpaired) electrons. The van der Waals surface area contributed by atoms with Gasteiger partial charge in [-0.15, -0.1) is 0 Å². The Hall–Kier alpha value is -1.63. The van der Waals surface area contributed by atoms with Crippen LogP contribution in [0.4, 0.5) is 9.18 Å². The van der Waals surface area contributed by atoms with Gasteiger partial charge in [0.15, 0.2) is 9.84 Å². The van der Waals surface area contributed by atoms with Crippen LogP contribution in [0.3, 0.4) is 0 Å². The van der Waals surface area contributed by atoms with Crippen LogP contribution >= 0.6 is 0 Å². The second-order valence-electron chi connectivity index (χ2n) is 6.72. The Balaban J connectivity index is 1.94. The molecular formula is C16H23FN2O3S. The molecule has 0 spiro atoms. The zero-order valence-electron chi connectivity index (χ0n) is 13.7. The zero-order chi connectivity index (χ0) is 17.3. The maximum Gasteiger partial charge on any atom is 0.317 e. The highest BCUT2D eigenvalue weighted by atomic mass is 32.2. The molecule has 1 aromatic rings. The summed E-state index contributed by atoms with van der Waals surface area (Å²) in [7, 11) is -1.40. The lowest BCUT2D eigenvalue weighted by atomic mass is 9.84. The fourth-order valence-electron chi connectivity index (χ4n) is 2.67. The standard InChI is InChI=1S/C16H23FN2O3S/c1-16(2,12-4-6-13(17)7-5-12)11-18-15(20)19(3)14-8-9-23(21,22)10-14/h4-7,14H,8-11H2,1-3H3,(H,18,20). The molecule has 7 heteroatoms. The van der Waals surface area contributed by atoms with Crippen molar-refractivity contribution in [2.75, 3.05) is 25.1 Å². The highest BCUT2D eigenvalue weighted by Gasteiger charge is 2.33. The van der Waals surface area contributed by atoms with Gasteiger partial charge in [-0.25, -0.2) is 17.6 Å².